The lowest BCUT2D eigenvalue weighted by molar-refractivity contribution is 0.250. The summed E-state index contributed by atoms with van der Waals surface area (Å²) in [6.07, 6.45) is 3.33. The average Bonchev–Trinajstić information content (AvgIpc) is 2.25. The van der Waals surface area contributed by atoms with Crippen LogP contribution in [0.4, 0.5) is 0 Å². The number of hydrogen-bond acceptors (Lipinski definition) is 3. The first-order chi connectivity index (χ1) is 7.60. The van der Waals surface area contributed by atoms with Crippen LogP contribution >= 0.6 is 0 Å². The van der Waals surface area contributed by atoms with Crippen molar-refractivity contribution >= 4 is 0 Å². The summed E-state index contributed by atoms with van der Waals surface area (Å²) in [5, 5.41) is 0. The van der Waals surface area contributed by atoms with Gasteiger partial charge in [-0.15, -0.1) is 0 Å². The SMILES string of the molecule is COc1cc(C)c(C2(N)CCC2)cc1OC. The fourth-order valence-corrected chi connectivity index (χ4v) is 2.34. The lowest BCUT2D eigenvalue weighted by atomic mass is 9.71. The molecule has 0 aliphatic heterocycles. The van der Waals surface area contributed by atoms with Gasteiger partial charge in [-0.1, -0.05) is 0 Å². The lowest BCUT2D eigenvalue weighted by Gasteiger charge is -2.40. The largest absolute Gasteiger partial charge is 0.493 e. The van der Waals surface area contributed by atoms with Crippen molar-refractivity contribution < 1.29 is 9.47 Å². The third-order valence-electron chi connectivity index (χ3n) is 3.51. The molecule has 0 heterocycles. The Labute approximate surface area is 96.5 Å². The number of rotatable bonds is 3. The van der Waals surface area contributed by atoms with Crippen LogP contribution in [0.15, 0.2) is 12.1 Å². The number of ether oxygens (including phenoxy) is 2. The molecule has 2 rings (SSSR count). The van der Waals surface area contributed by atoms with E-state index in [1.807, 2.05) is 12.1 Å². The number of hydrogen-bond donors (Lipinski definition) is 1. The van der Waals surface area contributed by atoms with Gasteiger partial charge in [-0.2, -0.15) is 0 Å². The Kier molecular flexibility index (Phi) is 2.80. The van der Waals surface area contributed by atoms with Gasteiger partial charge in [-0.05, 0) is 49.4 Å². The van der Waals surface area contributed by atoms with Gasteiger partial charge in [0.05, 0.1) is 14.2 Å². The van der Waals surface area contributed by atoms with Crippen molar-refractivity contribution in [2.45, 2.75) is 31.7 Å². The molecular weight excluding hydrogens is 202 g/mol. The Bertz CT molecular complexity index is 397. The van der Waals surface area contributed by atoms with E-state index in [0.717, 1.165) is 24.3 Å². The van der Waals surface area contributed by atoms with Gasteiger partial charge in [0, 0.05) is 5.54 Å². The van der Waals surface area contributed by atoms with Crippen LogP contribution in [0, 0.1) is 6.92 Å². The maximum absolute atomic E-state index is 6.34. The molecule has 0 aromatic heterocycles. The highest BCUT2D eigenvalue weighted by atomic mass is 16.5. The molecule has 88 valence electrons. The highest BCUT2D eigenvalue weighted by Crippen LogP contribution is 2.43. The molecule has 1 aromatic rings. The summed E-state index contributed by atoms with van der Waals surface area (Å²) in [5.41, 5.74) is 8.57. The van der Waals surface area contributed by atoms with Gasteiger partial charge < -0.3 is 15.2 Å². The Hall–Kier alpha value is -1.22. The highest BCUT2D eigenvalue weighted by Gasteiger charge is 2.36. The molecule has 3 nitrogen and oxygen atoms in total. The van der Waals surface area contributed by atoms with Crippen molar-refractivity contribution in [1.82, 2.24) is 0 Å². The zero-order valence-electron chi connectivity index (χ0n) is 10.2. The van der Waals surface area contributed by atoms with Crippen LogP contribution in [0.2, 0.25) is 0 Å². The minimum Gasteiger partial charge on any atom is -0.493 e. The molecule has 0 atom stereocenters. The molecule has 1 aromatic carbocycles. The van der Waals surface area contributed by atoms with E-state index in [0.29, 0.717) is 0 Å². The number of methoxy groups -OCH3 is 2. The quantitative estimate of drug-likeness (QED) is 0.852. The minimum atomic E-state index is -0.149. The van der Waals surface area contributed by atoms with Crippen molar-refractivity contribution in [3.05, 3.63) is 23.3 Å². The summed E-state index contributed by atoms with van der Waals surface area (Å²) in [6, 6.07) is 4.02. The first-order valence-corrected chi connectivity index (χ1v) is 5.63. The molecule has 0 radical (unpaired) electrons. The predicted molar refractivity (Wildman–Crippen MR) is 64.0 cm³/mol. The molecule has 1 saturated carbocycles. The maximum Gasteiger partial charge on any atom is 0.161 e. The second-order valence-electron chi connectivity index (χ2n) is 4.53. The predicted octanol–water partition coefficient (Wildman–Crippen LogP) is 2.35. The molecule has 16 heavy (non-hydrogen) atoms. The van der Waals surface area contributed by atoms with Gasteiger partial charge in [0.15, 0.2) is 11.5 Å². The van der Waals surface area contributed by atoms with Gasteiger partial charge in [0.2, 0.25) is 0 Å². The van der Waals surface area contributed by atoms with Gasteiger partial charge in [0.25, 0.3) is 0 Å². The molecule has 0 amide bonds. The van der Waals surface area contributed by atoms with E-state index >= 15 is 0 Å². The Morgan fingerprint density at radius 1 is 1.12 bits per heavy atom. The van der Waals surface area contributed by atoms with E-state index < -0.39 is 0 Å². The molecule has 3 heteroatoms. The lowest BCUT2D eigenvalue weighted by Crippen LogP contribution is -2.43. The summed E-state index contributed by atoms with van der Waals surface area (Å²) in [7, 11) is 3.31. The zero-order valence-corrected chi connectivity index (χ0v) is 10.2. The van der Waals surface area contributed by atoms with Crippen LogP contribution in [-0.4, -0.2) is 14.2 Å². The van der Waals surface area contributed by atoms with Gasteiger partial charge >= 0.3 is 0 Å². The van der Waals surface area contributed by atoms with E-state index in [2.05, 4.69) is 6.92 Å². The van der Waals surface area contributed by atoms with E-state index in [4.69, 9.17) is 15.2 Å². The van der Waals surface area contributed by atoms with E-state index in [1.165, 1.54) is 17.5 Å². The second-order valence-corrected chi connectivity index (χ2v) is 4.53. The smallest absolute Gasteiger partial charge is 0.161 e. The van der Waals surface area contributed by atoms with Crippen molar-refractivity contribution in [3.63, 3.8) is 0 Å². The first-order valence-electron chi connectivity index (χ1n) is 5.63. The van der Waals surface area contributed by atoms with Gasteiger partial charge in [-0.25, -0.2) is 0 Å². The van der Waals surface area contributed by atoms with Crippen LogP contribution in [0.25, 0.3) is 0 Å². The molecule has 0 bridgehead atoms. The van der Waals surface area contributed by atoms with Crippen molar-refractivity contribution in [1.29, 1.82) is 0 Å². The molecule has 0 saturated heterocycles. The van der Waals surface area contributed by atoms with E-state index in [-0.39, 0.29) is 5.54 Å². The summed E-state index contributed by atoms with van der Waals surface area (Å²) < 4.78 is 10.6. The van der Waals surface area contributed by atoms with Crippen molar-refractivity contribution in [3.8, 4) is 11.5 Å². The average molecular weight is 221 g/mol. The van der Waals surface area contributed by atoms with E-state index in [1.54, 1.807) is 14.2 Å². The third-order valence-corrected chi connectivity index (χ3v) is 3.51. The Morgan fingerprint density at radius 3 is 2.12 bits per heavy atom. The number of aryl methyl sites for hydroxylation is 1. The molecule has 1 aliphatic rings. The van der Waals surface area contributed by atoms with Crippen LogP contribution in [-0.2, 0) is 5.54 Å². The Balaban J connectivity index is 2.46. The van der Waals surface area contributed by atoms with Crippen molar-refractivity contribution in [2.75, 3.05) is 14.2 Å². The third kappa shape index (κ3) is 1.65. The molecule has 2 N–H and O–H groups in total. The fraction of sp³-hybridized carbons (Fsp3) is 0.538. The topological polar surface area (TPSA) is 44.5 Å². The summed E-state index contributed by atoms with van der Waals surface area (Å²) >= 11 is 0. The van der Waals surface area contributed by atoms with Crippen LogP contribution < -0.4 is 15.2 Å². The molecule has 1 fully saturated rings. The summed E-state index contributed by atoms with van der Waals surface area (Å²) in [6.45, 7) is 2.07. The summed E-state index contributed by atoms with van der Waals surface area (Å²) in [4.78, 5) is 0. The highest BCUT2D eigenvalue weighted by molar-refractivity contribution is 5.49. The molecule has 0 unspecified atom stereocenters. The van der Waals surface area contributed by atoms with Gasteiger partial charge in [-0.3, -0.25) is 0 Å². The van der Waals surface area contributed by atoms with Crippen LogP contribution in [0.5, 0.6) is 11.5 Å². The standard InChI is InChI=1S/C13H19NO2/c1-9-7-11(15-2)12(16-3)8-10(9)13(14)5-4-6-13/h7-8H,4-6,14H2,1-3H3. The fourth-order valence-electron chi connectivity index (χ4n) is 2.34. The summed E-state index contributed by atoms with van der Waals surface area (Å²) in [5.74, 6) is 1.53. The van der Waals surface area contributed by atoms with Crippen LogP contribution in [0.3, 0.4) is 0 Å². The monoisotopic (exact) mass is 221 g/mol. The number of nitrogens with two attached hydrogens (primary N) is 1. The first kappa shape index (κ1) is 11.3. The molecule has 1 aliphatic carbocycles. The second kappa shape index (κ2) is 3.98. The molecule has 0 spiro atoms. The zero-order chi connectivity index (χ0) is 11.8. The minimum absolute atomic E-state index is 0.149. The van der Waals surface area contributed by atoms with Crippen molar-refractivity contribution in [2.24, 2.45) is 5.73 Å². The maximum atomic E-state index is 6.34. The van der Waals surface area contributed by atoms with Gasteiger partial charge in [0.1, 0.15) is 0 Å². The van der Waals surface area contributed by atoms with Crippen LogP contribution in [0.1, 0.15) is 30.4 Å². The number of benzene rings is 1. The van der Waals surface area contributed by atoms with E-state index in [9.17, 15) is 0 Å². The Morgan fingerprint density at radius 2 is 1.69 bits per heavy atom. The normalized spacial score (nSPS) is 17.8. The molecular formula is C13H19NO2.